The summed E-state index contributed by atoms with van der Waals surface area (Å²) in [6.07, 6.45) is 2.04. The lowest BCUT2D eigenvalue weighted by molar-refractivity contribution is -0.885. The van der Waals surface area contributed by atoms with Gasteiger partial charge in [0.2, 0.25) is 0 Å². The molecule has 1 fully saturated rings. The number of anilines is 1. The molecule has 0 saturated heterocycles. The summed E-state index contributed by atoms with van der Waals surface area (Å²) in [5.74, 6) is 1.08. The Balaban J connectivity index is 1.62. The number of para-hydroxylation sites is 1. The quantitative estimate of drug-likeness (QED) is 0.584. The predicted molar refractivity (Wildman–Crippen MR) is 115 cm³/mol. The lowest BCUT2D eigenvalue weighted by atomic mass is 10.1. The first-order valence-corrected chi connectivity index (χ1v) is 10.1. The topological polar surface area (TPSA) is 81.1 Å². The lowest BCUT2D eigenvalue weighted by Gasteiger charge is -2.18. The zero-order chi connectivity index (χ0) is 21.7. The highest BCUT2D eigenvalue weighted by Gasteiger charge is 2.25. The monoisotopic (exact) mass is 412 g/mol. The normalized spacial score (nSPS) is 14.0. The van der Waals surface area contributed by atoms with Gasteiger partial charge in [0.05, 0.1) is 32.5 Å². The van der Waals surface area contributed by atoms with Gasteiger partial charge in [-0.15, -0.1) is 0 Å². The summed E-state index contributed by atoms with van der Waals surface area (Å²) in [5, 5.41) is 5.86. The molecule has 3 rings (SSSR count). The number of likely N-dealkylation sites (N-methyl/N-ethyl adjacent to an activating group) is 1. The van der Waals surface area contributed by atoms with E-state index in [0.717, 1.165) is 28.9 Å². The summed E-state index contributed by atoms with van der Waals surface area (Å²) in [5.41, 5.74) is 3.19. The van der Waals surface area contributed by atoms with E-state index in [1.165, 1.54) is 0 Å². The van der Waals surface area contributed by atoms with Crippen molar-refractivity contribution in [2.24, 2.45) is 0 Å². The number of aryl methyl sites for hydroxylation is 1. The van der Waals surface area contributed by atoms with Gasteiger partial charge in [0, 0.05) is 11.6 Å². The Kier molecular flexibility index (Phi) is 6.95. The van der Waals surface area contributed by atoms with Crippen molar-refractivity contribution in [3.8, 4) is 11.5 Å². The molecule has 0 aromatic heterocycles. The highest BCUT2D eigenvalue weighted by molar-refractivity contribution is 6.04. The van der Waals surface area contributed by atoms with Crippen molar-refractivity contribution in [1.29, 1.82) is 0 Å². The Hall–Kier alpha value is -3.06. The fourth-order valence-corrected chi connectivity index (χ4v) is 3.35. The van der Waals surface area contributed by atoms with E-state index >= 15 is 0 Å². The molecule has 2 amide bonds. The molecule has 3 N–H and O–H groups in total. The summed E-state index contributed by atoms with van der Waals surface area (Å²) in [6.45, 7) is 2.94. The number of benzene rings is 2. The molecule has 1 saturated carbocycles. The van der Waals surface area contributed by atoms with Gasteiger partial charge >= 0.3 is 0 Å². The van der Waals surface area contributed by atoms with Crippen LogP contribution in [0.4, 0.5) is 5.69 Å². The van der Waals surface area contributed by atoms with Crippen molar-refractivity contribution in [3.05, 3.63) is 53.1 Å². The van der Waals surface area contributed by atoms with Gasteiger partial charge in [0.15, 0.2) is 18.0 Å². The minimum Gasteiger partial charge on any atom is -0.493 e. The zero-order valence-corrected chi connectivity index (χ0v) is 18.0. The maximum absolute atomic E-state index is 12.6. The summed E-state index contributed by atoms with van der Waals surface area (Å²) >= 11 is 0. The van der Waals surface area contributed by atoms with Gasteiger partial charge in [-0.1, -0.05) is 12.1 Å². The van der Waals surface area contributed by atoms with Crippen molar-refractivity contribution in [2.75, 3.05) is 33.1 Å². The van der Waals surface area contributed by atoms with E-state index in [9.17, 15) is 9.59 Å². The molecule has 0 bridgehead atoms. The van der Waals surface area contributed by atoms with Crippen molar-refractivity contribution in [1.82, 2.24) is 5.32 Å². The Bertz CT molecular complexity index is 925. The van der Waals surface area contributed by atoms with E-state index < -0.39 is 0 Å². The number of hydrogen-bond donors (Lipinski definition) is 3. The van der Waals surface area contributed by atoms with Crippen LogP contribution in [0, 0.1) is 6.92 Å². The van der Waals surface area contributed by atoms with Crippen LogP contribution >= 0.6 is 0 Å². The smallest absolute Gasteiger partial charge is 0.279 e. The number of ether oxygens (including phenoxy) is 2. The van der Waals surface area contributed by atoms with Crippen LogP contribution in [0.1, 0.15) is 34.3 Å². The van der Waals surface area contributed by atoms with Gasteiger partial charge in [-0.25, -0.2) is 0 Å². The maximum Gasteiger partial charge on any atom is 0.279 e. The summed E-state index contributed by atoms with van der Waals surface area (Å²) in [6, 6.07) is 11.3. The summed E-state index contributed by atoms with van der Waals surface area (Å²) < 4.78 is 10.7. The molecule has 2 aromatic rings. The molecule has 0 heterocycles. The molecular weight excluding hydrogens is 382 g/mol. The SMILES string of the molecule is COc1cc(C)c(C[NH+](C)CC(=O)Nc2ccccc2C(=O)NC2CC2)cc1OC. The first-order chi connectivity index (χ1) is 14.4. The number of hydrogen-bond acceptors (Lipinski definition) is 4. The number of rotatable bonds is 9. The van der Waals surface area contributed by atoms with Crippen LogP contribution in [-0.2, 0) is 11.3 Å². The molecular formula is C23H30N3O4+. The number of quaternary nitrogens is 1. The Labute approximate surface area is 177 Å². The molecule has 30 heavy (non-hydrogen) atoms. The first-order valence-electron chi connectivity index (χ1n) is 10.1. The molecule has 1 unspecified atom stereocenters. The second-order valence-electron chi connectivity index (χ2n) is 7.79. The van der Waals surface area contributed by atoms with Crippen LogP contribution in [0.2, 0.25) is 0 Å². The molecule has 0 radical (unpaired) electrons. The lowest BCUT2D eigenvalue weighted by Crippen LogP contribution is -3.08. The number of nitrogens with one attached hydrogen (secondary N) is 3. The van der Waals surface area contributed by atoms with Crippen molar-refractivity contribution < 1.29 is 24.0 Å². The molecule has 1 aliphatic rings. The van der Waals surface area contributed by atoms with Crippen molar-refractivity contribution in [3.63, 3.8) is 0 Å². The molecule has 1 atom stereocenters. The van der Waals surface area contributed by atoms with Gasteiger partial charge in [-0.05, 0) is 49.6 Å². The molecule has 0 spiro atoms. The van der Waals surface area contributed by atoms with Crippen molar-refractivity contribution in [2.45, 2.75) is 32.4 Å². The van der Waals surface area contributed by atoms with Crippen molar-refractivity contribution >= 4 is 17.5 Å². The molecule has 160 valence electrons. The minimum atomic E-state index is -0.143. The van der Waals surface area contributed by atoms with Crippen LogP contribution in [0.15, 0.2) is 36.4 Å². The third-order valence-electron chi connectivity index (χ3n) is 5.16. The minimum absolute atomic E-state index is 0.141. The van der Waals surface area contributed by atoms with Crippen LogP contribution in [0.3, 0.4) is 0 Å². The number of carbonyl (C=O) groups is 2. The van der Waals surface area contributed by atoms with Crippen LogP contribution < -0.4 is 25.0 Å². The van der Waals surface area contributed by atoms with Crippen LogP contribution in [0.25, 0.3) is 0 Å². The number of carbonyl (C=O) groups excluding carboxylic acids is 2. The van der Waals surface area contributed by atoms with Gasteiger partial charge in [0.25, 0.3) is 11.8 Å². The second kappa shape index (κ2) is 9.63. The molecule has 1 aliphatic carbocycles. The molecule has 0 aliphatic heterocycles. The molecule has 7 heteroatoms. The maximum atomic E-state index is 12.6. The second-order valence-corrected chi connectivity index (χ2v) is 7.79. The van der Waals surface area contributed by atoms with Crippen LogP contribution in [0.5, 0.6) is 11.5 Å². The average molecular weight is 413 g/mol. The highest BCUT2D eigenvalue weighted by atomic mass is 16.5. The number of amides is 2. The standard InChI is InChI=1S/C23H29N3O4/c1-15-11-20(29-3)21(30-4)12-16(15)13-26(2)14-22(27)25-19-8-6-5-7-18(19)23(28)24-17-9-10-17/h5-8,11-12,17H,9-10,13-14H2,1-4H3,(H,24,28)(H,25,27)/p+1. The largest absolute Gasteiger partial charge is 0.493 e. The van der Waals surface area contributed by atoms with E-state index in [2.05, 4.69) is 10.6 Å². The summed E-state index contributed by atoms with van der Waals surface area (Å²) in [7, 11) is 5.18. The van der Waals surface area contributed by atoms with E-state index in [1.54, 1.807) is 32.4 Å². The fourth-order valence-electron chi connectivity index (χ4n) is 3.35. The fraction of sp³-hybridized carbons (Fsp3) is 0.391. The molecule has 7 nitrogen and oxygen atoms in total. The highest BCUT2D eigenvalue weighted by Crippen LogP contribution is 2.29. The average Bonchev–Trinajstić information content (AvgIpc) is 3.53. The Morgan fingerprint density at radius 1 is 1.10 bits per heavy atom. The van der Waals surface area contributed by atoms with Crippen LogP contribution in [-0.4, -0.2) is 45.7 Å². The third kappa shape index (κ3) is 5.51. The van der Waals surface area contributed by atoms with E-state index in [-0.39, 0.29) is 24.4 Å². The number of methoxy groups -OCH3 is 2. The Morgan fingerprint density at radius 3 is 2.43 bits per heavy atom. The summed E-state index contributed by atoms with van der Waals surface area (Å²) in [4.78, 5) is 26.1. The third-order valence-corrected chi connectivity index (χ3v) is 5.16. The molecule has 2 aromatic carbocycles. The first kappa shape index (κ1) is 21.6. The van der Waals surface area contributed by atoms with E-state index in [4.69, 9.17) is 9.47 Å². The van der Waals surface area contributed by atoms with Gasteiger partial charge < -0.3 is 25.0 Å². The van der Waals surface area contributed by atoms with Gasteiger partial charge in [-0.2, -0.15) is 0 Å². The van der Waals surface area contributed by atoms with Gasteiger partial charge in [-0.3, -0.25) is 9.59 Å². The van der Waals surface area contributed by atoms with E-state index in [0.29, 0.717) is 29.3 Å². The van der Waals surface area contributed by atoms with E-state index in [1.807, 2.05) is 32.2 Å². The zero-order valence-electron chi connectivity index (χ0n) is 18.0. The Morgan fingerprint density at radius 2 is 1.77 bits per heavy atom. The predicted octanol–water partition coefficient (Wildman–Crippen LogP) is 1.56. The van der Waals surface area contributed by atoms with Gasteiger partial charge in [0.1, 0.15) is 6.54 Å².